The molecule has 1 aliphatic carbocycles. The zero-order valence-corrected chi connectivity index (χ0v) is 11.7. The fourth-order valence-electron chi connectivity index (χ4n) is 2.55. The maximum atomic E-state index is 3.68. The molecule has 1 fully saturated rings. The van der Waals surface area contributed by atoms with E-state index in [2.05, 4.69) is 53.3 Å². The lowest BCUT2D eigenvalue weighted by atomic mass is 10.1. The van der Waals surface area contributed by atoms with Gasteiger partial charge >= 0.3 is 0 Å². The summed E-state index contributed by atoms with van der Waals surface area (Å²) in [6.07, 6.45) is 5.38. The van der Waals surface area contributed by atoms with E-state index in [0.717, 1.165) is 10.4 Å². The first-order chi connectivity index (χ1) is 7.69. The Hall–Kier alpha value is -0.500. The van der Waals surface area contributed by atoms with Crippen LogP contribution in [0.4, 0.5) is 5.69 Å². The van der Waals surface area contributed by atoms with Crippen LogP contribution in [0.5, 0.6) is 0 Å². The molecule has 0 spiro atoms. The molecule has 2 atom stereocenters. The third-order valence-corrected chi connectivity index (χ3v) is 4.17. The molecular formula is C14H20BrN. The average Bonchev–Trinajstić information content (AvgIpc) is 2.71. The molecule has 1 nitrogen and oxygen atoms in total. The maximum absolute atomic E-state index is 3.68. The summed E-state index contributed by atoms with van der Waals surface area (Å²) in [5.41, 5.74) is 2.62. The zero-order valence-electron chi connectivity index (χ0n) is 10.1. The molecule has 0 saturated heterocycles. The van der Waals surface area contributed by atoms with Gasteiger partial charge in [-0.05, 0) is 49.8 Å². The van der Waals surface area contributed by atoms with E-state index in [0.29, 0.717) is 6.04 Å². The molecule has 16 heavy (non-hydrogen) atoms. The van der Waals surface area contributed by atoms with E-state index in [1.54, 1.807) is 0 Å². The molecule has 0 amide bonds. The monoisotopic (exact) mass is 281 g/mol. The molecule has 2 unspecified atom stereocenters. The van der Waals surface area contributed by atoms with Gasteiger partial charge in [-0.25, -0.2) is 0 Å². The summed E-state index contributed by atoms with van der Waals surface area (Å²) >= 11 is 3.53. The van der Waals surface area contributed by atoms with Crippen LogP contribution in [0.25, 0.3) is 0 Å². The fourth-order valence-corrected chi connectivity index (χ4v) is 2.91. The molecule has 0 heterocycles. The lowest BCUT2D eigenvalue weighted by molar-refractivity contribution is 0.525. The van der Waals surface area contributed by atoms with Crippen LogP contribution in [0.2, 0.25) is 0 Å². The average molecular weight is 282 g/mol. The number of hydrogen-bond acceptors (Lipinski definition) is 1. The molecule has 1 aromatic carbocycles. The molecule has 1 aromatic rings. The van der Waals surface area contributed by atoms with E-state index in [1.165, 1.54) is 36.9 Å². The molecule has 2 rings (SSSR count). The van der Waals surface area contributed by atoms with Crippen molar-refractivity contribution >= 4 is 21.6 Å². The van der Waals surface area contributed by atoms with E-state index < -0.39 is 0 Å². The summed E-state index contributed by atoms with van der Waals surface area (Å²) in [7, 11) is 0. The summed E-state index contributed by atoms with van der Waals surface area (Å²) in [5, 5.41) is 3.68. The maximum Gasteiger partial charge on any atom is 0.0383 e. The standard InChI is InChI=1S/C14H20BrN/c1-3-11-5-7-13(8-11)16-14-9-12(15)6-4-10(14)2/h4,6,9,11,13,16H,3,5,7-8H2,1-2H3. The topological polar surface area (TPSA) is 12.0 Å². The molecule has 0 aromatic heterocycles. The van der Waals surface area contributed by atoms with Crippen LogP contribution in [-0.4, -0.2) is 6.04 Å². The van der Waals surface area contributed by atoms with Crippen molar-refractivity contribution in [2.45, 2.75) is 45.6 Å². The Morgan fingerprint density at radius 2 is 2.19 bits per heavy atom. The van der Waals surface area contributed by atoms with Gasteiger partial charge in [-0.3, -0.25) is 0 Å². The molecule has 0 radical (unpaired) electrons. The highest BCUT2D eigenvalue weighted by molar-refractivity contribution is 9.10. The van der Waals surface area contributed by atoms with E-state index in [9.17, 15) is 0 Å². The fraction of sp³-hybridized carbons (Fsp3) is 0.571. The minimum Gasteiger partial charge on any atom is -0.382 e. The van der Waals surface area contributed by atoms with Crippen LogP contribution in [0.1, 0.15) is 38.2 Å². The first-order valence-electron chi connectivity index (χ1n) is 6.21. The van der Waals surface area contributed by atoms with Gasteiger partial charge in [-0.1, -0.05) is 35.3 Å². The van der Waals surface area contributed by atoms with Crippen molar-refractivity contribution in [3.8, 4) is 0 Å². The molecule has 1 saturated carbocycles. The Balaban J connectivity index is 2.01. The van der Waals surface area contributed by atoms with Crippen LogP contribution >= 0.6 is 15.9 Å². The molecule has 88 valence electrons. The molecule has 2 heteroatoms. The molecule has 0 bridgehead atoms. The SMILES string of the molecule is CCC1CCC(Nc2cc(Br)ccc2C)C1. The Kier molecular flexibility index (Phi) is 3.91. The van der Waals surface area contributed by atoms with Crippen molar-refractivity contribution in [1.82, 2.24) is 0 Å². The highest BCUT2D eigenvalue weighted by Crippen LogP contribution is 2.31. The number of hydrogen-bond donors (Lipinski definition) is 1. The van der Waals surface area contributed by atoms with Gasteiger partial charge in [0.25, 0.3) is 0 Å². The summed E-state index contributed by atoms with van der Waals surface area (Å²) < 4.78 is 1.16. The van der Waals surface area contributed by atoms with Gasteiger partial charge in [0.15, 0.2) is 0 Å². The van der Waals surface area contributed by atoms with Gasteiger partial charge in [-0.2, -0.15) is 0 Å². The van der Waals surface area contributed by atoms with Crippen LogP contribution < -0.4 is 5.32 Å². The highest BCUT2D eigenvalue weighted by atomic mass is 79.9. The van der Waals surface area contributed by atoms with Gasteiger partial charge in [0.2, 0.25) is 0 Å². The van der Waals surface area contributed by atoms with Crippen molar-refractivity contribution in [3.63, 3.8) is 0 Å². The zero-order chi connectivity index (χ0) is 11.5. The molecule has 0 aliphatic heterocycles. The van der Waals surface area contributed by atoms with E-state index in [1.807, 2.05) is 0 Å². The van der Waals surface area contributed by atoms with Crippen molar-refractivity contribution in [1.29, 1.82) is 0 Å². The number of rotatable bonds is 3. The summed E-state index contributed by atoms with van der Waals surface area (Å²) in [4.78, 5) is 0. The smallest absolute Gasteiger partial charge is 0.0383 e. The van der Waals surface area contributed by atoms with Crippen molar-refractivity contribution in [3.05, 3.63) is 28.2 Å². The third-order valence-electron chi connectivity index (χ3n) is 3.68. The predicted octanol–water partition coefficient (Wildman–Crippen LogP) is 4.75. The lowest BCUT2D eigenvalue weighted by Gasteiger charge is -2.16. The Morgan fingerprint density at radius 1 is 1.38 bits per heavy atom. The Bertz CT molecular complexity index is 362. The summed E-state index contributed by atoms with van der Waals surface area (Å²) in [6.45, 7) is 4.47. The van der Waals surface area contributed by atoms with Gasteiger partial charge in [0.1, 0.15) is 0 Å². The first kappa shape index (κ1) is 12.0. The minimum atomic E-state index is 0.679. The minimum absolute atomic E-state index is 0.679. The summed E-state index contributed by atoms with van der Waals surface area (Å²) in [5.74, 6) is 0.935. The molecular weight excluding hydrogens is 262 g/mol. The van der Waals surface area contributed by atoms with Crippen LogP contribution in [0, 0.1) is 12.8 Å². The van der Waals surface area contributed by atoms with Crippen LogP contribution in [0.3, 0.4) is 0 Å². The number of anilines is 1. The summed E-state index contributed by atoms with van der Waals surface area (Å²) in [6, 6.07) is 7.13. The van der Waals surface area contributed by atoms with Crippen LogP contribution in [0.15, 0.2) is 22.7 Å². The third kappa shape index (κ3) is 2.79. The molecule has 1 N–H and O–H groups in total. The second kappa shape index (κ2) is 5.22. The number of nitrogens with one attached hydrogen (secondary N) is 1. The number of benzene rings is 1. The van der Waals surface area contributed by atoms with E-state index in [-0.39, 0.29) is 0 Å². The molecule has 1 aliphatic rings. The van der Waals surface area contributed by atoms with Gasteiger partial charge in [0.05, 0.1) is 0 Å². The Labute approximate surface area is 107 Å². The quantitative estimate of drug-likeness (QED) is 0.843. The lowest BCUT2D eigenvalue weighted by Crippen LogP contribution is -2.16. The highest BCUT2D eigenvalue weighted by Gasteiger charge is 2.23. The number of halogens is 1. The van der Waals surface area contributed by atoms with Crippen molar-refractivity contribution in [2.24, 2.45) is 5.92 Å². The number of aryl methyl sites for hydroxylation is 1. The first-order valence-corrected chi connectivity index (χ1v) is 7.01. The normalized spacial score (nSPS) is 24.7. The van der Waals surface area contributed by atoms with E-state index >= 15 is 0 Å². The second-order valence-corrected chi connectivity index (χ2v) is 5.80. The predicted molar refractivity (Wildman–Crippen MR) is 73.9 cm³/mol. The van der Waals surface area contributed by atoms with Gasteiger partial charge in [0, 0.05) is 16.2 Å². The van der Waals surface area contributed by atoms with Crippen molar-refractivity contribution in [2.75, 3.05) is 5.32 Å². The van der Waals surface area contributed by atoms with Crippen LogP contribution in [-0.2, 0) is 0 Å². The van der Waals surface area contributed by atoms with Gasteiger partial charge < -0.3 is 5.32 Å². The second-order valence-electron chi connectivity index (χ2n) is 4.89. The Morgan fingerprint density at radius 3 is 2.88 bits per heavy atom. The van der Waals surface area contributed by atoms with Gasteiger partial charge in [-0.15, -0.1) is 0 Å². The van der Waals surface area contributed by atoms with E-state index in [4.69, 9.17) is 0 Å². The van der Waals surface area contributed by atoms with Crippen molar-refractivity contribution < 1.29 is 0 Å². The largest absolute Gasteiger partial charge is 0.382 e.